The molecule has 6 nitrogen and oxygen atoms in total. The molecule has 164 valence electrons. The van der Waals surface area contributed by atoms with E-state index in [4.69, 9.17) is 0 Å². The molecule has 1 N–H and O–H groups in total. The molecule has 0 spiro atoms. The van der Waals surface area contributed by atoms with Gasteiger partial charge in [-0.05, 0) is 75.7 Å². The van der Waals surface area contributed by atoms with Gasteiger partial charge in [0.25, 0.3) is 5.91 Å². The number of anilines is 2. The lowest BCUT2D eigenvalue weighted by atomic mass is 10.1. The molecule has 0 atom stereocenters. The first-order chi connectivity index (χ1) is 15.5. The van der Waals surface area contributed by atoms with Gasteiger partial charge in [-0.25, -0.2) is 4.68 Å². The van der Waals surface area contributed by atoms with Gasteiger partial charge in [-0.15, -0.1) is 0 Å². The molecule has 4 aromatic rings. The van der Waals surface area contributed by atoms with Crippen LogP contribution in [0.4, 0.5) is 11.4 Å². The summed E-state index contributed by atoms with van der Waals surface area (Å²) in [5, 5.41) is 7.63. The summed E-state index contributed by atoms with van der Waals surface area (Å²) in [5.41, 5.74) is 5.56. The molecule has 0 saturated heterocycles. The molecule has 2 aromatic carbocycles. The second-order valence-electron chi connectivity index (χ2n) is 7.85. The second-order valence-corrected chi connectivity index (χ2v) is 7.85. The van der Waals surface area contributed by atoms with Crippen LogP contribution in [0.25, 0.3) is 11.5 Å². The molecule has 0 aliphatic rings. The van der Waals surface area contributed by atoms with E-state index in [0.717, 1.165) is 35.7 Å². The lowest BCUT2D eigenvalue weighted by molar-refractivity contribution is 0.102. The Hall–Kier alpha value is -3.80. The van der Waals surface area contributed by atoms with Crippen LogP contribution in [0.5, 0.6) is 0 Å². The van der Waals surface area contributed by atoms with Crippen LogP contribution in [0.1, 0.15) is 35.3 Å². The minimum atomic E-state index is -0.189. The molecule has 2 heterocycles. The molecule has 1 amide bonds. The normalized spacial score (nSPS) is 10.9. The van der Waals surface area contributed by atoms with E-state index in [1.165, 1.54) is 5.56 Å². The van der Waals surface area contributed by atoms with Crippen LogP contribution in [-0.4, -0.2) is 33.3 Å². The number of benzene rings is 2. The van der Waals surface area contributed by atoms with Crippen molar-refractivity contribution in [2.45, 2.75) is 27.7 Å². The zero-order chi connectivity index (χ0) is 22.7. The van der Waals surface area contributed by atoms with Gasteiger partial charge in [-0.2, -0.15) is 5.10 Å². The molecule has 2 aromatic heterocycles. The van der Waals surface area contributed by atoms with Gasteiger partial charge in [0, 0.05) is 36.9 Å². The van der Waals surface area contributed by atoms with Crippen LogP contribution in [0, 0.1) is 13.8 Å². The number of carbonyl (C=O) groups excluding carboxylic acids is 1. The smallest absolute Gasteiger partial charge is 0.261 e. The van der Waals surface area contributed by atoms with Crippen molar-refractivity contribution in [2.24, 2.45) is 0 Å². The van der Waals surface area contributed by atoms with Gasteiger partial charge >= 0.3 is 0 Å². The van der Waals surface area contributed by atoms with Crippen molar-refractivity contribution in [1.29, 1.82) is 0 Å². The van der Waals surface area contributed by atoms with Crippen LogP contribution < -0.4 is 10.2 Å². The van der Waals surface area contributed by atoms with E-state index in [2.05, 4.69) is 41.3 Å². The number of nitrogens with zero attached hydrogens (tertiary/aromatic N) is 4. The van der Waals surface area contributed by atoms with Gasteiger partial charge in [0.1, 0.15) is 5.56 Å². The Kier molecular flexibility index (Phi) is 6.12. The maximum atomic E-state index is 13.3. The molecule has 0 fully saturated rings. The number of aromatic nitrogens is 3. The van der Waals surface area contributed by atoms with Gasteiger partial charge in [0.2, 0.25) is 0 Å². The van der Waals surface area contributed by atoms with E-state index in [1.54, 1.807) is 10.9 Å². The lowest BCUT2D eigenvalue weighted by Crippen LogP contribution is -2.22. The SMILES string of the molecule is CCN(CC)c1ccc(NC(=O)c2cnn(-c3ccc(C)cc3)c2-n2cccc2)c(C)c1. The maximum absolute atomic E-state index is 13.3. The fourth-order valence-corrected chi connectivity index (χ4v) is 3.86. The third-order valence-electron chi connectivity index (χ3n) is 5.70. The van der Waals surface area contributed by atoms with Gasteiger partial charge in [0.05, 0.1) is 11.9 Å². The Morgan fingerprint density at radius 2 is 1.69 bits per heavy atom. The molecular formula is C26H29N5O. The molecule has 0 unspecified atom stereocenters. The van der Waals surface area contributed by atoms with Gasteiger partial charge in [0.15, 0.2) is 5.82 Å². The van der Waals surface area contributed by atoms with Crippen LogP contribution in [-0.2, 0) is 0 Å². The highest BCUT2D eigenvalue weighted by atomic mass is 16.1. The highest BCUT2D eigenvalue weighted by Crippen LogP contribution is 2.25. The number of carbonyl (C=O) groups is 1. The van der Waals surface area contributed by atoms with Crippen molar-refractivity contribution < 1.29 is 4.79 Å². The van der Waals surface area contributed by atoms with Crippen molar-refractivity contribution >= 4 is 17.3 Å². The number of hydrogen-bond acceptors (Lipinski definition) is 3. The van der Waals surface area contributed by atoms with Crippen molar-refractivity contribution in [3.05, 3.63) is 89.9 Å². The van der Waals surface area contributed by atoms with Gasteiger partial charge in [-0.3, -0.25) is 4.79 Å². The Morgan fingerprint density at radius 1 is 1.00 bits per heavy atom. The van der Waals surface area contributed by atoms with E-state index >= 15 is 0 Å². The fraction of sp³-hybridized carbons (Fsp3) is 0.231. The molecule has 0 saturated carbocycles. The van der Waals surface area contributed by atoms with E-state index in [0.29, 0.717) is 11.4 Å². The Bertz CT molecular complexity index is 1200. The Morgan fingerprint density at radius 3 is 2.31 bits per heavy atom. The summed E-state index contributed by atoms with van der Waals surface area (Å²) >= 11 is 0. The summed E-state index contributed by atoms with van der Waals surface area (Å²) < 4.78 is 3.71. The highest BCUT2D eigenvalue weighted by molar-refractivity contribution is 6.06. The number of aryl methyl sites for hydroxylation is 2. The third kappa shape index (κ3) is 4.17. The van der Waals surface area contributed by atoms with Crippen LogP contribution >= 0.6 is 0 Å². The van der Waals surface area contributed by atoms with Crippen molar-refractivity contribution in [1.82, 2.24) is 14.3 Å². The minimum Gasteiger partial charge on any atom is -0.372 e. The average Bonchev–Trinajstić information content (AvgIpc) is 3.46. The highest BCUT2D eigenvalue weighted by Gasteiger charge is 2.20. The largest absolute Gasteiger partial charge is 0.372 e. The third-order valence-corrected chi connectivity index (χ3v) is 5.70. The molecule has 0 radical (unpaired) electrons. The molecular weight excluding hydrogens is 398 g/mol. The molecule has 0 aliphatic carbocycles. The minimum absolute atomic E-state index is 0.189. The Labute approximate surface area is 189 Å². The van der Waals surface area contributed by atoms with E-state index in [-0.39, 0.29) is 5.91 Å². The standard InChI is InChI=1S/C26H29N5O/c1-5-29(6-2)22-13-14-24(20(4)17-22)28-25(32)23-18-27-31(21-11-9-19(3)10-12-21)26(23)30-15-7-8-16-30/h7-18H,5-6H2,1-4H3,(H,28,32). The molecule has 0 aliphatic heterocycles. The van der Waals surface area contributed by atoms with E-state index < -0.39 is 0 Å². The van der Waals surface area contributed by atoms with Crippen LogP contribution in [0.3, 0.4) is 0 Å². The molecule has 0 bridgehead atoms. The average molecular weight is 428 g/mol. The zero-order valence-corrected chi connectivity index (χ0v) is 19.0. The maximum Gasteiger partial charge on any atom is 0.261 e. The summed E-state index contributed by atoms with van der Waals surface area (Å²) in [6.45, 7) is 10.2. The first-order valence-electron chi connectivity index (χ1n) is 11.0. The number of amides is 1. The van der Waals surface area contributed by atoms with E-state index in [1.807, 2.05) is 73.3 Å². The first-order valence-corrected chi connectivity index (χ1v) is 11.0. The molecule has 6 heteroatoms. The number of nitrogens with one attached hydrogen (secondary N) is 1. The van der Waals surface area contributed by atoms with Crippen molar-refractivity contribution in [2.75, 3.05) is 23.3 Å². The monoisotopic (exact) mass is 427 g/mol. The molecule has 4 rings (SSSR count). The summed E-state index contributed by atoms with van der Waals surface area (Å²) in [6.07, 6.45) is 5.47. The van der Waals surface area contributed by atoms with Crippen molar-refractivity contribution in [3.8, 4) is 11.5 Å². The number of rotatable bonds is 7. The van der Waals surface area contributed by atoms with Crippen LogP contribution in [0.2, 0.25) is 0 Å². The predicted octanol–water partition coefficient (Wildman–Crippen LogP) is 5.38. The van der Waals surface area contributed by atoms with Crippen molar-refractivity contribution in [3.63, 3.8) is 0 Å². The fourth-order valence-electron chi connectivity index (χ4n) is 3.86. The zero-order valence-electron chi connectivity index (χ0n) is 19.0. The second kappa shape index (κ2) is 9.14. The summed E-state index contributed by atoms with van der Waals surface area (Å²) in [4.78, 5) is 15.6. The van der Waals surface area contributed by atoms with Gasteiger partial charge in [-0.1, -0.05) is 17.7 Å². The van der Waals surface area contributed by atoms with E-state index in [9.17, 15) is 4.79 Å². The van der Waals surface area contributed by atoms with Gasteiger partial charge < -0.3 is 14.8 Å². The topological polar surface area (TPSA) is 55.1 Å². The summed E-state index contributed by atoms with van der Waals surface area (Å²) in [5.74, 6) is 0.513. The first kappa shape index (κ1) is 21.4. The van der Waals surface area contributed by atoms with Crippen LogP contribution in [0.15, 0.2) is 73.2 Å². The predicted molar refractivity (Wildman–Crippen MR) is 130 cm³/mol. The number of hydrogen-bond donors (Lipinski definition) is 1. The lowest BCUT2D eigenvalue weighted by Gasteiger charge is -2.22. The quantitative estimate of drug-likeness (QED) is 0.431. The molecule has 32 heavy (non-hydrogen) atoms. The Balaban J connectivity index is 1.68. The summed E-state index contributed by atoms with van der Waals surface area (Å²) in [7, 11) is 0. The summed E-state index contributed by atoms with van der Waals surface area (Å²) in [6, 6.07) is 18.1.